The number of pyridine rings is 1. The predicted octanol–water partition coefficient (Wildman–Crippen LogP) is 2.83. The van der Waals surface area contributed by atoms with Crippen molar-refractivity contribution in [1.82, 2.24) is 4.98 Å². The van der Waals surface area contributed by atoms with Crippen LogP contribution in [0.15, 0.2) is 29.2 Å². The van der Waals surface area contributed by atoms with Gasteiger partial charge < -0.3 is 9.72 Å². The Kier molecular flexibility index (Phi) is 3.69. The monoisotopic (exact) mass is 259 g/mol. The lowest BCUT2D eigenvalue weighted by Gasteiger charge is -2.07. The summed E-state index contributed by atoms with van der Waals surface area (Å²) in [6.07, 6.45) is 1.42. The van der Waals surface area contributed by atoms with Crippen molar-refractivity contribution in [2.45, 2.75) is 26.7 Å². The number of fused-ring (bicyclic) bond motifs is 1. The van der Waals surface area contributed by atoms with Crippen LogP contribution in [0.1, 0.15) is 42.6 Å². The van der Waals surface area contributed by atoms with E-state index in [0.29, 0.717) is 11.3 Å². The topological polar surface area (TPSA) is 59.2 Å². The lowest BCUT2D eigenvalue weighted by atomic mass is 10.0. The molecule has 2 rings (SSSR count). The van der Waals surface area contributed by atoms with E-state index in [0.717, 1.165) is 11.1 Å². The van der Waals surface area contributed by atoms with Gasteiger partial charge in [-0.2, -0.15) is 0 Å². The van der Waals surface area contributed by atoms with E-state index in [1.165, 1.54) is 6.20 Å². The Labute approximate surface area is 111 Å². The molecule has 0 saturated heterocycles. The van der Waals surface area contributed by atoms with Gasteiger partial charge in [-0.05, 0) is 30.5 Å². The normalized spacial score (nSPS) is 10.9. The van der Waals surface area contributed by atoms with Crippen molar-refractivity contribution in [1.29, 1.82) is 0 Å². The Morgan fingerprint density at radius 1 is 1.37 bits per heavy atom. The fraction of sp³-hybridized carbons (Fsp3) is 0.333. The van der Waals surface area contributed by atoms with Crippen LogP contribution in [0, 0.1) is 0 Å². The van der Waals surface area contributed by atoms with Crippen molar-refractivity contribution in [3.8, 4) is 0 Å². The van der Waals surface area contributed by atoms with E-state index in [9.17, 15) is 9.59 Å². The molecule has 0 aliphatic rings. The molecule has 0 unspecified atom stereocenters. The van der Waals surface area contributed by atoms with Gasteiger partial charge in [0.1, 0.15) is 5.56 Å². The van der Waals surface area contributed by atoms with E-state index in [1.807, 2.05) is 12.1 Å². The minimum absolute atomic E-state index is 0.0478. The van der Waals surface area contributed by atoms with E-state index < -0.39 is 5.97 Å². The summed E-state index contributed by atoms with van der Waals surface area (Å²) in [5.41, 5.74) is 1.64. The molecule has 100 valence electrons. The Bertz CT molecular complexity index is 671. The third-order valence-corrected chi connectivity index (χ3v) is 3.07. The fourth-order valence-electron chi connectivity index (χ4n) is 1.96. The third-order valence-electron chi connectivity index (χ3n) is 3.07. The first-order valence-corrected chi connectivity index (χ1v) is 6.37. The maximum absolute atomic E-state index is 12.2. The molecule has 19 heavy (non-hydrogen) atoms. The highest BCUT2D eigenvalue weighted by molar-refractivity contribution is 5.93. The average molecular weight is 259 g/mol. The zero-order chi connectivity index (χ0) is 14.0. The molecule has 0 atom stereocenters. The van der Waals surface area contributed by atoms with Crippen LogP contribution in [0.25, 0.3) is 10.9 Å². The third kappa shape index (κ3) is 2.52. The van der Waals surface area contributed by atoms with Gasteiger partial charge in [-0.15, -0.1) is 0 Å². The summed E-state index contributed by atoms with van der Waals surface area (Å²) in [5.74, 6) is -0.198. The molecule has 1 aromatic heterocycles. The summed E-state index contributed by atoms with van der Waals surface area (Å²) in [7, 11) is 0. The lowest BCUT2D eigenvalue weighted by Crippen LogP contribution is -2.18. The number of carbonyl (C=O) groups excluding carboxylic acids is 1. The van der Waals surface area contributed by atoms with Gasteiger partial charge in [0.2, 0.25) is 5.43 Å². The average Bonchev–Trinajstić information content (AvgIpc) is 2.38. The predicted molar refractivity (Wildman–Crippen MR) is 74.6 cm³/mol. The zero-order valence-electron chi connectivity index (χ0n) is 11.3. The number of rotatable bonds is 3. The van der Waals surface area contributed by atoms with Gasteiger partial charge in [0.05, 0.1) is 6.61 Å². The van der Waals surface area contributed by atoms with Crippen molar-refractivity contribution in [2.24, 2.45) is 0 Å². The quantitative estimate of drug-likeness (QED) is 0.862. The van der Waals surface area contributed by atoms with Gasteiger partial charge in [0.25, 0.3) is 0 Å². The van der Waals surface area contributed by atoms with Gasteiger partial charge in [0.15, 0.2) is 0 Å². The van der Waals surface area contributed by atoms with Crippen LogP contribution in [0.4, 0.5) is 0 Å². The highest BCUT2D eigenvalue weighted by Gasteiger charge is 2.14. The number of hydrogen-bond donors (Lipinski definition) is 1. The van der Waals surface area contributed by atoms with Crippen LogP contribution in [0.2, 0.25) is 0 Å². The van der Waals surface area contributed by atoms with E-state index in [1.54, 1.807) is 13.0 Å². The van der Waals surface area contributed by atoms with E-state index in [4.69, 9.17) is 4.74 Å². The highest BCUT2D eigenvalue weighted by atomic mass is 16.5. The van der Waals surface area contributed by atoms with Crippen LogP contribution in [0.5, 0.6) is 0 Å². The first kappa shape index (κ1) is 13.3. The molecule has 1 N–H and O–H groups in total. The molecule has 2 aromatic rings. The molecule has 0 spiro atoms. The molecule has 0 saturated carbocycles. The number of esters is 1. The summed E-state index contributed by atoms with van der Waals surface area (Å²) < 4.78 is 4.86. The van der Waals surface area contributed by atoms with Crippen LogP contribution in [-0.2, 0) is 4.74 Å². The maximum atomic E-state index is 12.2. The molecule has 0 fully saturated rings. The first-order valence-electron chi connectivity index (χ1n) is 6.37. The second kappa shape index (κ2) is 5.26. The summed E-state index contributed by atoms with van der Waals surface area (Å²) in [5, 5.41) is 0.509. The molecule has 0 radical (unpaired) electrons. The molecule has 0 bridgehead atoms. The van der Waals surface area contributed by atoms with Gasteiger partial charge in [-0.1, -0.05) is 19.9 Å². The van der Waals surface area contributed by atoms with E-state index >= 15 is 0 Å². The maximum Gasteiger partial charge on any atom is 0.343 e. The summed E-state index contributed by atoms with van der Waals surface area (Å²) in [4.78, 5) is 26.8. The van der Waals surface area contributed by atoms with Crippen molar-refractivity contribution in [3.05, 3.63) is 45.7 Å². The van der Waals surface area contributed by atoms with Crippen molar-refractivity contribution < 1.29 is 9.53 Å². The number of aromatic amines is 1. The van der Waals surface area contributed by atoms with Gasteiger partial charge in [-0.3, -0.25) is 4.79 Å². The highest BCUT2D eigenvalue weighted by Crippen LogP contribution is 2.18. The Hall–Kier alpha value is -2.10. The first-order chi connectivity index (χ1) is 9.04. The number of hydrogen-bond acceptors (Lipinski definition) is 3. The van der Waals surface area contributed by atoms with E-state index in [2.05, 4.69) is 18.8 Å². The molecule has 0 aliphatic carbocycles. The molecule has 0 aliphatic heterocycles. The Morgan fingerprint density at radius 3 is 2.74 bits per heavy atom. The number of aromatic nitrogens is 1. The minimum Gasteiger partial charge on any atom is -0.462 e. The molecule has 0 amide bonds. The molecule has 4 heteroatoms. The van der Waals surface area contributed by atoms with Crippen LogP contribution in [-0.4, -0.2) is 17.6 Å². The molecule has 4 nitrogen and oxygen atoms in total. The molecule has 1 aromatic carbocycles. The fourth-order valence-corrected chi connectivity index (χ4v) is 1.96. The van der Waals surface area contributed by atoms with Crippen molar-refractivity contribution in [3.63, 3.8) is 0 Å². The number of ether oxygens (including phenoxy) is 1. The minimum atomic E-state index is -0.585. The van der Waals surface area contributed by atoms with Crippen molar-refractivity contribution >= 4 is 16.9 Å². The summed E-state index contributed by atoms with van der Waals surface area (Å²) in [6.45, 7) is 6.14. The second-order valence-corrected chi connectivity index (χ2v) is 4.71. The van der Waals surface area contributed by atoms with Crippen LogP contribution in [0.3, 0.4) is 0 Å². The van der Waals surface area contributed by atoms with E-state index in [-0.39, 0.29) is 17.6 Å². The summed E-state index contributed by atoms with van der Waals surface area (Å²) >= 11 is 0. The van der Waals surface area contributed by atoms with Crippen LogP contribution >= 0.6 is 0 Å². The largest absolute Gasteiger partial charge is 0.462 e. The van der Waals surface area contributed by atoms with Gasteiger partial charge >= 0.3 is 5.97 Å². The number of nitrogens with one attached hydrogen (secondary N) is 1. The summed E-state index contributed by atoms with van der Waals surface area (Å²) in [6, 6.07) is 5.61. The zero-order valence-corrected chi connectivity index (χ0v) is 11.3. The number of benzene rings is 1. The van der Waals surface area contributed by atoms with Gasteiger partial charge in [0, 0.05) is 17.1 Å². The molecule has 1 heterocycles. The number of H-pyrrole nitrogens is 1. The molecular weight excluding hydrogens is 242 g/mol. The number of carbonyl (C=O) groups is 1. The van der Waals surface area contributed by atoms with Crippen molar-refractivity contribution in [2.75, 3.05) is 6.61 Å². The Morgan fingerprint density at radius 2 is 2.11 bits per heavy atom. The van der Waals surface area contributed by atoms with Gasteiger partial charge in [-0.25, -0.2) is 4.79 Å². The lowest BCUT2D eigenvalue weighted by molar-refractivity contribution is 0.0524. The second-order valence-electron chi connectivity index (χ2n) is 4.71. The SMILES string of the molecule is CCOC(=O)c1c[nH]c2cc(C(C)C)ccc2c1=O. The molecular formula is C15H17NO3. The standard InChI is InChI=1S/C15H17NO3/c1-4-19-15(18)12-8-16-13-7-10(9(2)3)5-6-11(13)14(12)17/h5-9H,4H2,1-3H3,(H,16,17). The van der Waals surface area contributed by atoms with Crippen LogP contribution < -0.4 is 5.43 Å². The Balaban J connectivity index is 2.57. The smallest absolute Gasteiger partial charge is 0.343 e.